The lowest BCUT2D eigenvalue weighted by atomic mass is 9.97. The van der Waals surface area contributed by atoms with Crippen LogP contribution < -0.4 is 10.5 Å². The Morgan fingerprint density at radius 1 is 1.32 bits per heavy atom. The minimum atomic E-state index is -4.73. The second kappa shape index (κ2) is 7.69. The molecule has 1 unspecified atom stereocenters. The zero-order chi connectivity index (χ0) is 15.5. The van der Waals surface area contributed by atoms with Crippen molar-refractivity contribution in [1.29, 1.82) is 0 Å². The molecule has 124 valence electrons. The number of benzene rings is 1. The van der Waals surface area contributed by atoms with Crippen molar-refractivity contribution in [2.24, 2.45) is 11.7 Å². The smallest absolute Gasteiger partial charge is 0.406 e. The van der Waals surface area contributed by atoms with Gasteiger partial charge in [0.15, 0.2) is 0 Å². The molecule has 1 aliphatic heterocycles. The van der Waals surface area contributed by atoms with E-state index in [2.05, 4.69) is 4.74 Å². The maximum Gasteiger partial charge on any atom is 0.573 e. The summed E-state index contributed by atoms with van der Waals surface area (Å²) in [5, 5.41) is 0. The standard InChI is InChI=1S/C14H17F3N2O2.ClH/c15-14(16,17)21-12-5-3-11(4-6-12)13(20)19-7-1-2-10(8-18)9-19;/h3-6,10H,1-2,7-9,18H2;1H. The van der Waals surface area contributed by atoms with Crippen LogP contribution in [0.15, 0.2) is 24.3 Å². The lowest BCUT2D eigenvalue weighted by molar-refractivity contribution is -0.274. The number of ether oxygens (including phenoxy) is 1. The summed E-state index contributed by atoms with van der Waals surface area (Å²) in [6.07, 6.45) is -2.84. The molecule has 1 fully saturated rings. The fourth-order valence-corrected chi connectivity index (χ4v) is 2.42. The first-order valence-electron chi connectivity index (χ1n) is 6.74. The second-order valence-corrected chi connectivity index (χ2v) is 5.07. The molecule has 22 heavy (non-hydrogen) atoms. The monoisotopic (exact) mass is 338 g/mol. The third-order valence-corrected chi connectivity index (χ3v) is 3.47. The number of carbonyl (C=O) groups excluding carboxylic acids is 1. The van der Waals surface area contributed by atoms with Gasteiger partial charge in [0.25, 0.3) is 5.91 Å². The van der Waals surface area contributed by atoms with Gasteiger partial charge in [-0.05, 0) is 49.6 Å². The number of likely N-dealkylation sites (tertiary alicyclic amines) is 1. The number of piperidine rings is 1. The van der Waals surface area contributed by atoms with Crippen LogP contribution in [0.3, 0.4) is 0 Å². The number of halogens is 4. The van der Waals surface area contributed by atoms with E-state index in [1.54, 1.807) is 4.90 Å². The van der Waals surface area contributed by atoms with Gasteiger partial charge in [-0.15, -0.1) is 25.6 Å². The maximum absolute atomic E-state index is 12.3. The van der Waals surface area contributed by atoms with Crippen LogP contribution in [0.1, 0.15) is 23.2 Å². The third-order valence-electron chi connectivity index (χ3n) is 3.47. The highest BCUT2D eigenvalue weighted by Crippen LogP contribution is 2.24. The van der Waals surface area contributed by atoms with Gasteiger partial charge < -0.3 is 15.4 Å². The van der Waals surface area contributed by atoms with Crippen LogP contribution in [-0.2, 0) is 0 Å². The van der Waals surface area contributed by atoms with Gasteiger partial charge in [-0.2, -0.15) is 0 Å². The molecule has 2 N–H and O–H groups in total. The molecule has 0 saturated carbocycles. The molecule has 1 aromatic rings. The Morgan fingerprint density at radius 2 is 1.95 bits per heavy atom. The Hall–Kier alpha value is -1.47. The Morgan fingerprint density at radius 3 is 2.50 bits per heavy atom. The Labute approximate surface area is 132 Å². The predicted molar refractivity (Wildman–Crippen MR) is 78.1 cm³/mol. The van der Waals surface area contributed by atoms with Crippen molar-refractivity contribution in [2.75, 3.05) is 19.6 Å². The molecule has 1 amide bonds. The van der Waals surface area contributed by atoms with Crippen molar-refractivity contribution >= 4 is 18.3 Å². The fraction of sp³-hybridized carbons (Fsp3) is 0.500. The summed E-state index contributed by atoms with van der Waals surface area (Å²) >= 11 is 0. The summed E-state index contributed by atoms with van der Waals surface area (Å²) in [6.45, 7) is 1.77. The van der Waals surface area contributed by atoms with E-state index in [-0.39, 0.29) is 30.0 Å². The van der Waals surface area contributed by atoms with Gasteiger partial charge in [0.1, 0.15) is 5.75 Å². The number of amides is 1. The van der Waals surface area contributed by atoms with Crippen molar-refractivity contribution in [3.05, 3.63) is 29.8 Å². The van der Waals surface area contributed by atoms with E-state index in [0.717, 1.165) is 25.0 Å². The lowest BCUT2D eigenvalue weighted by Gasteiger charge is -2.32. The number of hydrogen-bond acceptors (Lipinski definition) is 3. The summed E-state index contributed by atoms with van der Waals surface area (Å²) in [5.74, 6) is -0.236. The number of nitrogens with two attached hydrogens (primary N) is 1. The van der Waals surface area contributed by atoms with Crippen LogP contribution in [0.2, 0.25) is 0 Å². The highest BCUT2D eigenvalue weighted by Gasteiger charge is 2.31. The number of rotatable bonds is 3. The largest absolute Gasteiger partial charge is 0.573 e. The van der Waals surface area contributed by atoms with Crippen LogP contribution in [-0.4, -0.2) is 36.8 Å². The highest BCUT2D eigenvalue weighted by molar-refractivity contribution is 5.94. The fourth-order valence-electron chi connectivity index (χ4n) is 2.42. The van der Waals surface area contributed by atoms with Gasteiger partial charge >= 0.3 is 6.36 Å². The summed E-state index contributed by atoms with van der Waals surface area (Å²) in [4.78, 5) is 14.0. The second-order valence-electron chi connectivity index (χ2n) is 5.07. The predicted octanol–water partition coefficient (Wildman–Crippen LogP) is 2.82. The molecular formula is C14H18ClF3N2O2. The summed E-state index contributed by atoms with van der Waals surface area (Å²) < 4.78 is 40.0. The molecule has 1 atom stereocenters. The molecule has 1 aromatic carbocycles. The summed E-state index contributed by atoms with van der Waals surface area (Å²) in [5.41, 5.74) is 5.97. The molecule has 2 rings (SSSR count). The molecular weight excluding hydrogens is 321 g/mol. The van der Waals surface area contributed by atoms with Gasteiger partial charge in [-0.3, -0.25) is 4.79 Å². The van der Waals surface area contributed by atoms with Crippen LogP contribution >= 0.6 is 12.4 Å². The molecule has 0 aliphatic carbocycles. The minimum Gasteiger partial charge on any atom is -0.406 e. The third kappa shape index (κ3) is 5.06. The first-order chi connectivity index (χ1) is 9.89. The highest BCUT2D eigenvalue weighted by atomic mass is 35.5. The number of nitrogens with zero attached hydrogens (tertiary/aromatic N) is 1. The van der Waals surface area contributed by atoms with Crippen LogP contribution in [0.4, 0.5) is 13.2 Å². The number of carbonyl (C=O) groups is 1. The molecule has 0 bridgehead atoms. The quantitative estimate of drug-likeness (QED) is 0.922. The van der Waals surface area contributed by atoms with Gasteiger partial charge in [0, 0.05) is 18.7 Å². The van der Waals surface area contributed by atoms with Gasteiger partial charge in [-0.25, -0.2) is 0 Å². The molecule has 1 heterocycles. The van der Waals surface area contributed by atoms with Gasteiger partial charge in [-0.1, -0.05) is 0 Å². The zero-order valence-corrected chi connectivity index (χ0v) is 12.6. The van der Waals surface area contributed by atoms with Crippen molar-refractivity contribution in [1.82, 2.24) is 4.90 Å². The van der Waals surface area contributed by atoms with E-state index in [1.807, 2.05) is 0 Å². The summed E-state index contributed by atoms with van der Waals surface area (Å²) in [7, 11) is 0. The molecule has 1 saturated heterocycles. The van der Waals surface area contributed by atoms with E-state index in [9.17, 15) is 18.0 Å². The van der Waals surface area contributed by atoms with Crippen molar-refractivity contribution in [3.63, 3.8) is 0 Å². The molecule has 1 aliphatic rings. The molecule has 0 aromatic heterocycles. The minimum absolute atomic E-state index is 0. The van der Waals surface area contributed by atoms with E-state index in [1.165, 1.54) is 12.1 Å². The molecule has 4 nitrogen and oxygen atoms in total. The van der Waals surface area contributed by atoms with Gasteiger partial charge in [0.05, 0.1) is 0 Å². The van der Waals surface area contributed by atoms with E-state index in [4.69, 9.17) is 5.73 Å². The van der Waals surface area contributed by atoms with Crippen molar-refractivity contribution < 1.29 is 22.7 Å². The van der Waals surface area contributed by atoms with Gasteiger partial charge in [0.2, 0.25) is 0 Å². The first kappa shape index (κ1) is 18.6. The Balaban J connectivity index is 0.00000242. The van der Waals surface area contributed by atoms with E-state index in [0.29, 0.717) is 25.2 Å². The number of hydrogen-bond donors (Lipinski definition) is 1. The SMILES string of the molecule is Cl.NCC1CCCN(C(=O)c2ccc(OC(F)(F)F)cc2)C1. The summed E-state index contributed by atoms with van der Waals surface area (Å²) in [6, 6.07) is 4.97. The lowest BCUT2D eigenvalue weighted by Crippen LogP contribution is -2.42. The van der Waals surface area contributed by atoms with Crippen molar-refractivity contribution in [2.45, 2.75) is 19.2 Å². The molecule has 8 heteroatoms. The van der Waals surface area contributed by atoms with E-state index >= 15 is 0 Å². The zero-order valence-electron chi connectivity index (χ0n) is 11.8. The van der Waals surface area contributed by atoms with Crippen LogP contribution in [0.25, 0.3) is 0 Å². The van der Waals surface area contributed by atoms with Crippen LogP contribution in [0.5, 0.6) is 5.75 Å². The average molecular weight is 339 g/mol. The molecule has 0 radical (unpaired) electrons. The first-order valence-corrected chi connectivity index (χ1v) is 6.74. The van der Waals surface area contributed by atoms with E-state index < -0.39 is 6.36 Å². The average Bonchev–Trinajstić information content (AvgIpc) is 2.46. The Kier molecular flexibility index (Phi) is 6.49. The maximum atomic E-state index is 12.3. The normalized spacial score (nSPS) is 18.5. The number of alkyl halides is 3. The van der Waals surface area contributed by atoms with Crippen LogP contribution in [0, 0.1) is 5.92 Å². The Bertz CT molecular complexity index is 494. The topological polar surface area (TPSA) is 55.6 Å². The molecule has 0 spiro atoms. The van der Waals surface area contributed by atoms with Crippen molar-refractivity contribution in [3.8, 4) is 5.75 Å².